The van der Waals surface area contributed by atoms with E-state index in [9.17, 15) is 5.11 Å². The topological polar surface area (TPSA) is 42.4 Å². The van der Waals surface area contributed by atoms with Crippen LogP contribution in [0.15, 0.2) is 42.6 Å². The molecule has 0 radical (unpaired) electrons. The second kappa shape index (κ2) is 6.53. The first-order valence-electron chi connectivity index (χ1n) is 6.91. The quantitative estimate of drug-likeness (QED) is 0.905. The van der Waals surface area contributed by atoms with Crippen molar-refractivity contribution < 1.29 is 9.84 Å². The van der Waals surface area contributed by atoms with E-state index >= 15 is 0 Å². The number of aryl methyl sites for hydroxylation is 1. The van der Waals surface area contributed by atoms with Gasteiger partial charge in [-0.2, -0.15) is 0 Å². The molecule has 1 N–H and O–H groups in total. The summed E-state index contributed by atoms with van der Waals surface area (Å²) in [7, 11) is 0. The van der Waals surface area contributed by atoms with Crippen molar-refractivity contribution in [3.05, 3.63) is 59.4 Å². The number of hydrogen-bond acceptors (Lipinski definition) is 3. The summed E-state index contributed by atoms with van der Waals surface area (Å²) >= 11 is 0. The molecule has 0 aliphatic rings. The maximum absolute atomic E-state index is 10.3. The fourth-order valence-electron chi connectivity index (χ4n) is 2.00. The molecule has 1 unspecified atom stereocenters. The van der Waals surface area contributed by atoms with Gasteiger partial charge in [0.05, 0.1) is 12.2 Å². The highest BCUT2D eigenvalue weighted by Crippen LogP contribution is 2.22. The average molecular weight is 271 g/mol. The van der Waals surface area contributed by atoms with Crippen LogP contribution in [0.25, 0.3) is 0 Å². The van der Waals surface area contributed by atoms with Crippen LogP contribution in [-0.4, -0.2) is 16.2 Å². The molecule has 0 saturated heterocycles. The van der Waals surface area contributed by atoms with Crippen molar-refractivity contribution in [2.24, 2.45) is 0 Å². The van der Waals surface area contributed by atoms with E-state index in [2.05, 4.69) is 4.98 Å². The highest BCUT2D eigenvalue weighted by molar-refractivity contribution is 5.30. The van der Waals surface area contributed by atoms with Crippen LogP contribution in [0.4, 0.5) is 0 Å². The normalized spacial score (nSPS) is 12.4. The lowest BCUT2D eigenvalue weighted by molar-refractivity contribution is 0.176. The highest BCUT2D eigenvalue weighted by atomic mass is 16.5. The number of hydrogen-bond donors (Lipinski definition) is 1. The van der Waals surface area contributed by atoms with Crippen LogP contribution in [0, 0.1) is 6.92 Å². The van der Waals surface area contributed by atoms with Gasteiger partial charge in [0.1, 0.15) is 5.75 Å². The molecule has 0 aliphatic heterocycles. The Bertz CT molecular complexity index is 549. The van der Waals surface area contributed by atoms with E-state index < -0.39 is 6.10 Å². The summed E-state index contributed by atoms with van der Waals surface area (Å²) in [6, 6.07) is 11.6. The molecule has 0 spiro atoms. The van der Waals surface area contributed by atoms with Gasteiger partial charge < -0.3 is 9.84 Å². The Kier molecular flexibility index (Phi) is 4.74. The van der Waals surface area contributed by atoms with E-state index in [0.717, 1.165) is 22.6 Å². The summed E-state index contributed by atoms with van der Waals surface area (Å²) in [6.07, 6.45) is 1.88. The Morgan fingerprint density at radius 2 is 2.00 bits per heavy atom. The summed E-state index contributed by atoms with van der Waals surface area (Å²) < 4.78 is 5.64. The van der Waals surface area contributed by atoms with E-state index in [1.54, 1.807) is 0 Å². The number of rotatable bonds is 5. The molecule has 1 aromatic heterocycles. The van der Waals surface area contributed by atoms with Gasteiger partial charge in [-0.3, -0.25) is 4.98 Å². The fourth-order valence-corrected chi connectivity index (χ4v) is 2.00. The first kappa shape index (κ1) is 14.5. The second-order valence-electron chi connectivity index (χ2n) is 5.29. The molecule has 0 fully saturated rings. The molecule has 1 atom stereocenters. The number of aromatic nitrogens is 1. The van der Waals surface area contributed by atoms with E-state index in [1.807, 2.05) is 63.4 Å². The molecule has 1 heterocycles. The number of aliphatic hydroxyl groups is 1. The van der Waals surface area contributed by atoms with Gasteiger partial charge in [-0.25, -0.2) is 0 Å². The first-order chi connectivity index (χ1) is 9.54. The molecule has 1 aromatic carbocycles. The minimum atomic E-state index is -0.569. The van der Waals surface area contributed by atoms with Gasteiger partial charge in [0, 0.05) is 18.3 Å². The van der Waals surface area contributed by atoms with Crippen molar-refractivity contribution in [3.63, 3.8) is 0 Å². The molecule has 0 amide bonds. The monoisotopic (exact) mass is 271 g/mol. The summed E-state index contributed by atoms with van der Waals surface area (Å²) in [5.41, 5.74) is 2.86. The fraction of sp³-hybridized carbons (Fsp3) is 0.353. The number of ether oxygens (including phenoxy) is 1. The molecular weight excluding hydrogens is 250 g/mol. The molecule has 20 heavy (non-hydrogen) atoms. The largest absolute Gasteiger partial charge is 0.491 e. The zero-order valence-corrected chi connectivity index (χ0v) is 12.2. The molecule has 3 nitrogen and oxygen atoms in total. The Morgan fingerprint density at radius 1 is 1.20 bits per heavy atom. The van der Waals surface area contributed by atoms with Crippen molar-refractivity contribution in [1.29, 1.82) is 0 Å². The van der Waals surface area contributed by atoms with Gasteiger partial charge in [0.25, 0.3) is 0 Å². The smallest absolute Gasteiger partial charge is 0.120 e. The Hall–Kier alpha value is -1.87. The van der Waals surface area contributed by atoms with Crippen LogP contribution < -0.4 is 4.74 Å². The zero-order chi connectivity index (χ0) is 14.5. The maximum atomic E-state index is 10.3. The molecule has 3 heteroatoms. The Morgan fingerprint density at radius 3 is 2.65 bits per heavy atom. The van der Waals surface area contributed by atoms with Crippen LogP contribution in [0.5, 0.6) is 5.75 Å². The van der Waals surface area contributed by atoms with Gasteiger partial charge >= 0.3 is 0 Å². The number of pyridine rings is 1. The summed E-state index contributed by atoms with van der Waals surface area (Å²) in [6.45, 7) is 5.97. The molecule has 2 rings (SSSR count). The Balaban J connectivity index is 2.08. The summed E-state index contributed by atoms with van der Waals surface area (Å²) in [4.78, 5) is 4.32. The average Bonchev–Trinajstić information content (AvgIpc) is 2.41. The zero-order valence-electron chi connectivity index (χ0n) is 12.2. The van der Waals surface area contributed by atoms with Crippen LogP contribution >= 0.6 is 0 Å². The third-order valence-electron chi connectivity index (χ3n) is 2.99. The third-order valence-corrected chi connectivity index (χ3v) is 2.99. The minimum absolute atomic E-state index is 0.126. The van der Waals surface area contributed by atoms with Crippen LogP contribution in [0.1, 0.15) is 36.8 Å². The highest BCUT2D eigenvalue weighted by Gasteiger charge is 2.10. The van der Waals surface area contributed by atoms with Gasteiger partial charge in [-0.1, -0.05) is 18.2 Å². The minimum Gasteiger partial charge on any atom is -0.491 e. The van der Waals surface area contributed by atoms with Gasteiger partial charge in [-0.05, 0) is 50.1 Å². The van der Waals surface area contributed by atoms with Gasteiger partial charge in [0.2, 0.25) is 0 Å². The van der Waals surface area contributed by atoms with E-state index in [-0.39, 0.29) is 6.10 Å². The molecule has 106 valence electrons. The van der Waals surface area contributed by atoms with Gasteiger partial charge in [0.15, 0.2) is 0 Å². The van der Waals surface area contributed by atoms with Crippen LogP contribution in [0.2, 0.25) is 0 Å². The first-order valence-corrected chi connectivity index (χ1v) is 6.91. The standard InChI is InChI=1S/C17H21NO2/c1-12(2)20-16-6-4-5-14(9-16)17(19)10-15-8-7-13(3)11-18-15/h4-9,11-12,17,19H,10H2,1-3H3. The molecular formula is C17H21NO2. The molecule has 0 aliphatic carbocycles. The van der Waals surface area contributed by atoms with Gasteiger partial charge in [-0.15, -0.1) is 0 Å². The number of benzene rings is 1. The number of aliphatic hydroxyl groups excluding tert-OH is 1. The molecule has 0 saturated carbocycles. The lowest BCUT2D eigenvalue weighted by Crippen LogP contribution is -2.07. The van der Waals surface area contributed by atoms with Crippen LogP contribution in [0.3, 0.4) is 0 Å². The van der Waals surface area contributed by atoms with Crippen molar-refractivity contribution >= 4 is 0 Å². The van der Waals surface area contributed by atoms with E-state index in [4.69, 9.17) is 4.74 Å². The lowest BCUT2D eigenvalue weighted by Gasteiger charge is -2.14. The second-order valence-corrected chi connectivity index (χ2v) is 5.29. The molecule has 0 bridgehead atoms. The van der Waals surface area contributed by atoms with E-state index in [0.29, 0.717) is 6.42 Å². The van der Waals surface area contributed by atoms with E-state index in [1.165, 1.54) is 0 Å². The maximum Gasteiger partial charge on any atom is 0.120 e. The predicted octanol–water partition coefficient (Wildman–Crippen LogP) is 3.45. The lowest BCUT2D eigenvalue weighted by atomic mass is 10.0. The predicted molar refractivity (Wildman–Crippen MR) is 79.8 cm³/mol. The van der Waals surface area contributed by atoms with Crippen molar-refractivity contribution in [1.82, 2.24) is 4.98 Å². The Labute approximate surface area is 120 Å². The van der Waals surface area contributed by atoms with Crippen molar-refractivity contribution in [2.75, 3.05) is 0 Å². The SMILES string of the molecule is Cc1ccc(CC(O)c2cccc(OC(C)C)c2)nc1. The van der Waals surface area contributed by atoms with Crippen molar-refractivity contribution in [2.45, 2.75) is 39.4 Å². The summed E-state index contributed by atoms with van der Waals surface area (Å²) in [5.74, 6) is 0.786. The number of nitrogens with zero attached hydrogens (tertiary/aromatic N) is 1. The summed E-state index contributed by atoms with van der Waals surface area (Å²) in [5, 5.41) is 10.3. The molecule has 2 aromatic rings. The third kappa shape index (κ3) is 4.07. The van der Waals surface area contributed by atoms with Crippen molar-refractivity contribution in [3.8, 4) is 5.75 Å². The van der Waals surface area contributed by atoms with Crippen LogP contribution in [-0.2, 0) is 6.42 Å².